The van der Waals surface area contributed by atoms with E-state index in [1.165, 1.54) is 11.8 Å². The smallest absolute Gasteiger partial charge is 0.268 e. The van der Waals surface area contributed by atoms with Gasteiger partial charge in [0, 0.05) is 5.56 Å². The summed E-state index contributed by atoms with van der Waals surface area (Å²) in [5, 5.41) is 11.9. The maximum absolute atomic E-state index is 12.4. The minimum absolute atomic E-state index is 0.144. The van der Waals surface area contributed by atoms with E-state index in [-0.39, 0.29) is 24.8 Å². The molecule has 0 aliphatic carbocycles. The van der Waals surface area contributed by atoms with Crippen molar-refractivity contribution in [3.63, 3.8) is 0 Å². The van der Waals surface area contributed by atoms with Crippen molar-refractivity contribution < 1.29 is 24.2 Å². The van der Waals surface area contributed by atoms with Gasteiger partial charge in [0.2, 0.25) is 5.91 Å². The molecular weight excluding hydrogens is 312 g/mol. The zero-order chi connectivity index (χ0) is 18.1. The Kier molecular flexibility index (Phi) is 4.94. The van der Waals surface area contributed by atoms with Crippen LogP contribution in [0.3, 0.4) is 0 Å². The number of ether oxygens (including phenoxy) is 1. The number of Topliss-reactive ketones (excluding diaryl/α,β-unsaturated/α-hetero) is 1. The molecule has 1 aliphatic rings. The van der Waals surface area contributed by atoms with Gasteiger partial charge >= 0.3 is 0 Å². The second-order valence-electron chi connectivity index (χ2n) is 6.51. The van der Waals surface area contributed by atoms with Crippen molar-refractivity contribution in [3.05, 3.63) is 23.8 Å². The van der Waals surface area contributed by atoms with Crippen LogP contribution in [-0.2, 0) is 9.59 Å². The molecule has 1 aromatic carbocycles. The Hall–Kier alpha value is -2.41. The summed E-state index contributed by atoms with van der Waals surface area (Å²) in [5.74, 6) is -0.466. The normalized spacial score (nSPS) is 17.1. The van der Waals surface area contributed by atoms with E-state index in [0.717, 1.165) is 0 Å². The molecule has 1 heterocycles. The van der Waals surface area contributed by atoms with Gasteiger partial charge in [-0.15, -0.1) is 0 Å². The molecule has 1 unspecified atom stereocenters. The Morgan fingerprint density at radius 1 is 1.38 bits per heavy atom. The minimum atomic E-state index is -0.790. The second kappa shape index (κ2) is 6.60. The third kappa shape index (κ3) is 3.73. The molecule has 7 nitrogen and oxygen atoms in total. The summed E-state index contributed by atoms with van der Waals surface area (Å²) >= 11 is 0. The number of amides is 2. The summed E-state index contributed by atoms with van der Waals surface area (Å²) in [7, 11) is 0. The van der Waals surface area contributed by atoms with E-state index in [2.05, 4.69) is 5.32 Å². The Labute approximate surface area is 140 Å². The molecule has 1 aromatic rings. The monoisotopic (exact) mass is 334 g/mol. The van der Waals surface area contributed by atoms with Gasteiger partial charge in [0.1, 0.15) is 12.3 Å². The van der Waals surface area contributed by atoms with Crippen LogP contribution in [0.2, 0.25) is 0 Å². The number of carbonyl (C=O) groups excluding carboxylic acids is 3. The highest BCUT2D eigenvalue weighted by Gasteiger charge is 2.34. The third-order valence-corrected chi connectivity index (χ3v) is 3.75. The number of carbonyl (C=O) groups is 3. The van der Waals surface area contributed by atoms with Crippen molar-refractivity contribution >= 4 is 23.3 Å². The van der Waals surface area contributed by atoms with Crippen LogP contribution in [0.5, 0.6) is 5.75 Å². The van der Waals surface area contributed by atoms with E-state index in [1.807, 2.05) is 0 Å². The molecule has 130 valence electrons. The topological polar surface area (TPSA) is 95.9 Å². The average Bonchev–Trinajstić information content (AvgIpc) is 2.50. The van der Waals surface area contributed by atoms with E-state index in [4.69, 9.17) is 4.74 Å². The van der Waals surface area contributed by atoms with Crippen LogP contribution in [0.1, 0.15) is 38.1 Å². The lowest BCUT2D eigenvalue weighted by Gasteiger charge is -2.33. The molecule has 2 amide bonds. The molecule has 0 fully saturated rings. The maximum Gasteiger partial charge on any atom is 0.268 e. The standard InChI is InChI=1S/C17H22N2O5/c1-10(21)12-5-6-14-13(7-12)19(16(23)11(2)24-14)8-15(22)18-17(3,4)9-20/h5-7,11,20H,8-9H2,1-4H3,(H,18,22). The number of benzene rings is 1. The van der Waals surface area contributed by atoms with Gasteiger partial charge < -0.3 is 15.2 Å². The van der Waals surface area contributed by atoms with Crippen molar-refractivity contribution in [1.82, 2.24) is 5.32 Å². The molecule has 1 atom stereocenters. The largest absolute Gasteiger partial charge is 0.479 e. The lowest BCUT2D eigenvalue weighted by atomic mass is 10.1. The fourth-order valence-electron chi connectivity index (χ4n) is 2.39. The summed E-state index contributed by atoms with van der Waals surface area (Å²) in [4.78, 5) is 37.6. The fourth-order valence-corrected chi connectivity index (χ4v) is 2.39. The number of hydrogen-bond acceptors (Lipinski definition) is 5. The first kappa shape index (κ1) is 17.9. The van der Waals surface area contributed by atoms with Crippen LogP contribution >= 0.6 is 0 Å². The summed E-state index contributed by atoms with van der Waals surface area (Å²) in [6.07, 6.45) is -0.723. The lowest BCUT2D eigenvalue weighted by Crippen LogP contribution is -2.53. The number of nitrogens with one attached hydrogen (secondary N) is 1. The molecule has 0 saturated heterocycles. The zero-order valence-electron chi connectivity index (χ0n) is 14.3. The molecule has 0 spiro atoms. The Bertz CT molecular complexity index is 684. The molecule has 2 N–H and O–H groups in total. The molecule has 2 rings (SSSR count). The quantitative estimate of drug-likeness (QED) is 0.780. The first-order chi connectivity index (χ1) is 11.1. The molecule has 0 saturated carbocycles. The van der Waals surface area contributed by atoms with Crippen LogP contribution in [0.15, 0.2) is 18.2 Å². The molecule has 0 bridgehead atoms. The first-order valence-electron chi connectivity index (χ1n) is 7.69. The maximum atomic E-state index is 12.4. The van der Waals surface area contributed by atoms with Crippen LogP contribution in [-0.4, -0.2) is 47.5 Å². The summed E-state index contributed by atoms with van der Waals surface area (Å²) in [6, 6.07) is 4.79. The van der Waals surface area contributed by atoms with Crippen molar-refractivity contribution in [2.24, 2.45) is 0 Å². The Balaban J connectivity index is 2.32. The summed E-state index contributed by atoms with van der Waals surface area (Å²) < 4.78 is 5.54. The summed E-state index contributed by atoms with van der Waals surface area (Å²) in [6.45, 7) is 5.94. The first-order valence-corrected chi connectivity index (χ1v) is 7.69. The van der Waals surface area contributed by atoms with Crippen LogP contribution in [0.4, 0.5) is 5.69 Å². The van der Waals surface area contributed by atoms with Crippen LogP contribution in [0.25, 0.3) is 0 Å². The van der Waals surface area contributed by atoms with Crippen LogP contribution in [0, 0.1) is 0 Å². The third-order valence-electron chi connectivity index (χ3n) is 3.75. The number of aliphatic hydroxyl groups is 1. The van der Waals surface area contributed by atoms with Crippen molar-refractivity contribution in [2.45, 2.75) is 39.3 Å². The fraction of sp³-hybridized carbons (Fsp3) is 0.471. The number of anilines is 1. The molecular formula is C17H22N2O5. The number of aliphatic hydroxyl groups excluding tert-OH is 1. The van der Waals surface area contributed by atoms with Gasteiger partial charge in [-0.05, 0) is 45.9 Å². The predicted octanol–water partition coefficient (Wildman–Crippen LogP) is 0.890. The van der Waals surface area contributed by atoms with Crippen molar-refractivity contribution in [3.8, 4) is 5.75 Å². The number of ketones is 1. The molecule has 0 radical (unpaired) electrons. The predicted molar refractivity (Wildman–Crippen MR) is 88.2 cm³/mol. The van der Waals surface area contributed by atoms with E-state index < -0.39 is 17.6 Å². The molecule has 1 aliphatic heterocycles. The van der Waals surface area contributed by atoms with Gasteiger partial charge in [-0.3, -0.25) is 19.3 Å². The number of rotatable bonds is 5. The molecule has 7 heteroatoms. The van der Waals surface area contributed by atoms with Crippen molar-refractivity contribution in [1.29, 1.82) is 0 Å². The average molecular weight is 334 g/mol. The number of nitrogens with zero attached hydrogens (tertiary/aromatic N) is 1. The van der Waals surface area contributed by atoms with E-state index in [9.17, 15) is 19.5 Å². The van der Waals surface area contributed by atoms with Crippen molar-refractivity contribution in [2.75, 3.05) is 18.1 Å². The highest BCUT2D eigenvalue weighted by atomic mass is 16.5. The molecule has 24 heavy (non-hydrogen) atoms. The van der Waals surface area contributed by atoms with E-state index in [0.29, 0.717) is 17.0 Å². The number of fused-ring (bicyclic) bond motifs is 1. The van der Waals surface area contributed by atoms with Gasteiger partial charge in [0.05, 0.1) is 17.8 Å². The Morgan fingerprint density at radius 2 is 2.04 bits per heavy atom. The van der Waals surface area contributed by atoms with Gasteiger partial charge in [-0.1, -0.05) is 0 Å². The van der Waals surface area contributed by atoms with Gasteiger partial charge in [-0.25, -0.2) is 0 Å². The zero-order valence-corrected chi connectivity index (χ0v) is 14.3. The SMILES string of the molecule is CC(=O)c1ccc2c(c1)N(CC(=O)NC(C)(C)CO)C(=O)C(C)O2. The van der Waals surface area contributed by atoms with E-state index >= 15 is 0 Å². The van der Waals surface area contributed by atoms with E-state index in [1.54, 1.807) is 39.0 Å². The minimum Gasteiger partial charge on any atom is -0.479 e. The summed E-state index contributed by atoms with van der Waals surface area (Å²) in [5.41, 5.74) is 0.0331. The molecule has 0 aromatic heterocycles. The lowest BCUT2D eigenvalue weighted by molar-refractivity contribution is -0.128. The van der Waals surface area contributed by atoms with Gasteiger partial charge in [0.25, 0.3) is 5.91 Å². The van der Waals surface area contributed by atoms with Gasteiger partial charge in [-0.2, -0.15) is 0 Å². The Morgan fingerprint density at radius 3 is 2.62 bits per heavy atom. The van der Waals surface area contributed by atoms with Gasteiger partial charge in [0.15, 0.2) is 11.9 Å². The highest BCUT2D eigenvalue weighted by Crippen LogP contribution is 2.34. The second-order valence-corrected chi connectivity index (χ2v) is 6.51. The van der Waals surface area contributed by atoms with Crippen LogP contribution < -0.4 is 15.0 Å². The number of hydrogen-bond donors (Lipinski definition) is 2. The highest BCUT2D eigenvalue weighted by molar-refractivity contribution is 6.05.